The second-order valence-electron chi connectivity index (χ2n) is 7.69. The van der Waals surface area contributed by atoms with Crippen LogP contribution in [0.25, 0.3) is 16.6 Å². The fourth-order valence-corrected chi connectivity index (χ4v) is 3.75. The Morgan fingerprint density at radius 2 is 1.69 bits per heavy atom. The van der Waals surface area contributed by atoms with Crippen molar-refractivity contribution in [2.24, 2.45) is 0 Å². The van der Waals surface area contributed by atoms with Crippen molar-refractivity contribution in [3.63, 3.8) is 0 Å². The van der Waals surface area contributed by atoms with Gasteiger partial charge in [-0.15, -0.1) is 0 Å². The molecule has 0 aliphatic carbocycles. The van der Waals surface area contributed by atoms with Crippen LogP contribution in [0.3, 0.4) is 0 Å². The molecular weight excluding hydrogens is 410 g/mol. The summed E-state index contributed by atoms with van der Waals surface area (Å²) in [4.78, 5) is 37.7. The second kappa shape index (κ2) is 10.1. The number of aromatic carboxylic acids is 1. The van der Waals surface area contributed by atoms with E-state index in [-0.39, 0.29) is 22.8 Å². The summed E-state index contributed by atoms with van der Waals surface area (Å²) in [6.45, 7) is 5.48. The zero-order valence-corrected chi connectivity index (χ0v) is 18.3. The number of hydrogen-bond acceptors (Lipinski definition) is 4. The molecule has 168 valence electrons. The summed E-state index contributed by atoms with van der Waals surface area (Å²) < 4.78 is 1.63. The number of hydrogen-bond donors (Lipinski definition) is 1. The van der Waals surface area contributed by atoms with E-state index < -0.39 is 10.9 Å². The number of nitrogens with zero attached hydrogens (tertiary/aromatic N) is 3. The molecule has 0 spiro atoms. The SMILES string of the molecule is CCCCN(CCCC)C(=O)c1cn(-c2ccc([N+](=O)[O-])cc2C(=O)O)c2ccccc12. The summed E-state index contributed by atoms with van der Waals surface area (Å²) in [6, 6.07) is 11.0. The fourth-order valence-electron chi connectivity index (χ4n) is 3.75. The number of non-ortho nitro benzene ring substituents is 1. The maximum Gasteiger partial charge on any atom is 0.338 e. The van der Waals surface area contributed by atoms with Gasteiger partial charge in [-0.3, -0.25) is 14.9 Å². The van der Waals surface area contributed by atoms with Gasteiger partial charge < -0.3 is 14.6 Å². The second-order valence-corrected chi connectivity index (χ2v) is 7.69. The Kier molecular flexibility index (Phi) is 7.25. The van der Waals surface area contributed by atoms with Gasteiger partial charge in [0.05, 0.1) is 27.3 Å². The number of rotatable bonds is 10. The number of nitro groups is 1. The molecular formula is C24H27N3O5. The molecule has 0 aliphatic heterocycles. The highest BCUT2D eigenvalue weighted by atomic mass is 16.6. The molecule has 3 aromatic rings. The molecule has 2 aromatic carbocycles. The predicted molar refractivity (Wildman–Crippen MR) is 123 cm³/mol. The Morgan fingerprint density at radius 3 is 2.28 bits per heavy atom. The smallest absolute Gasteiger partial charge is 0.338 e. The van der Waals surface area contributed by atoms with Crippen LogP contribution in [0.5, 0.6) is 0 Å². The number of carbonyl (C=O) groups excluding carboxylic acids is 1. The molecule has 1 heterocycles. The van der Waals surface area contributed by atoms with Crippen molar-refractivity contribution in [3.05, 3.63) is 69.9 Å². The van der Waals surface area contributed by atoms with Crippen LogP contribution < -0.4 is 0 Å². The van der Waals surface area contributed by atoms with Crippen molar-refractivity contribution in [2.75, 3.05) is 13.1 Å². The van der Waals surface area contributed by atoms with Gasteiger partial charge in [-0.05, 0) is 25.0 Å². The number of benzene rings is 2. The number of carboxylic acids is 1. The summed E-state index contributed by atoms with van der Waals surface area (Å²) in [5, 5.41) is 21.5. The number of carboxylic acid groups (broad SMARTS) is 1. The topological polar surface area (TPSA) is 106 Å². The number of para-hydroxylation sites is 1. The van der Waals surface area contributed by atoms with Gasteiger partial charge in [-0.2, -0.15) is 0 Å². The summed E-state index contributed by atoms with van der Waals surface area (Å²) in [6.07, 6.45) is 5.40. The summed E-state index contributed by atoms with van der Waals surface area (Å²) >= 11 is 0. The lowest BCUT2D eigenvalue weighted by Gasteiger charge is -2.22. The molecule has 3 rings (SSSR count). The van der Waals surface area contributed by atoms with Gasteiger partial charge in [-0.1, -0.05) is 44.9 Å². The van der Waals surface area contributed by atoms with Gasteiger partial charge in [0.15, 0.2) is 0 Å². The maximum atomic E-state index is 13.5. The van der Waals surface area contributed by atoms with Crippen LogP contribution in [0.4, 0.5) is 5.69 Å². The van der Waals surface area contributed by atoms with Gasteiger partial charge >= 0.3 is 5.97 Å². The first-order chi connectivity index (χ1) is 15.4. The molecule has 1 N–H and O–H groups in total. The van der Waals surface area contributed by atoms with E-state index in [0.29, 0.717) is 29.6 Å². The highest BCUT2D eigenvalue weighted by Gasteiger charge is 2.23. The molecule has 8 nitrogen and oxygen atoms in total. The Hall–Kier alpha value is -3.68. The molecule has 8 heteroatoms. The van der Waals surface area contributed by atoms with Crippen LogP contribution in [-0.2, 0) is 0 Å². The number of fused-ring (bicyclic) bond motifs is 1. The van der Waals surface area contributed by atoms with Crippen LogP contribution in [0.1, 0.15) is 60.2 Å². The quantitative estimate of drug-likeness (QED) is 0.343. The molecule has 0 aliphatic rings. The Morgan fingerprint density at radius 1 is 1.03 bits per heavy atom. The summed E-state index contributed by atoms with van der Waals surface area (Å²) in [7, 11) is 0. The van der Waals surface area contributed by atoms with Gasteiger partial charge in [0.25, 0.3) is 11.6 Å². The van der Waals surface area contributed by atoms with E-state index in [1.54, 1.807) is 10.8 Å². The molecule has 0 atom stereocenters. The van der Waals surface area contributed by atoms with Crippen molar-refractivity contribution >= 4 is 28.5 Å². The van der Waals surface area contributed by atoms with Gasteiger partial charge in [-0.25, -0.2) is 4.79 Å². The van der Waals surface area contributed by atoms with E-state index in [2.05, 4.69) is 13.8 Å². The molecule has 0 fully saturated rings. The van der Waals surface area contributed by atoms with Crippen molar-refractivity contribution in [3.8, 4) is 5.69 Å². The van der Waals surface area contributed by atoms with Crippen molar-refractivity contribution in [1.82, 2.24) is 9.47 Å². The highest BCUT2D eigenvalue weighted by Crippen LogP contribution is 2.29. The van der Waals surface area contributed by atoms with E-state index in [9.17, 15) is 24.8 Å². The molecule has 1 amide bonds. The third-order valence-electron chi connectivity index (χ3n) is 5.47. The van der Waals surface area contributed by atoms with Crippen LogP contribution >= 0.6 is 0 Å². The average Bonchev–Trinajstić information content (AvgIpc) is 3.18. The summed E-state index contributed by atoms with van der Waals surface area (Å²) in [5.41, 5.74) is 0.921. The standard InChI is InChI=1S/C24H27N3O5/c1-3-5-13-25(14-6-4-2)23(28)20-16-26(21-10-8-7-9-18(20)21)22-12-11-17(27(31)32)15-19(22)24(29)30/h7-12,15-16H,3-6,13-14H2,1-2H3,(H,29,30). The lowest BCUT2D eigenvalue weighted by Crippen LogP contribution is -2.32. The monoisotopic (exact) mass is 437 g/mol. The number of aromatic nitrogens is 1. The number of unbranched alkanes of at least 4 members (excludes halogenated alkanes) is 2. The predicted octanol–water partition coefficient (Wildman–Crippen LogP) is 5.28. The minimum absolute atomic E-state index is 0.0966. The third-order valence-corrected chi connectivity index (χ3v) is 5.47. The molecule has 0 unspecified atom stereocenters. The molecule has 0 saturated carbocycles. The van der Waals surface area contributed by atoms with Crippen molar-refractivity contribution in [2.45, 2.75) is 39.5 Å². The Labute approximate surface area is 186 Å². The summed E-state index contributed by atoms with van der Waals surface area (Å²) in [5.74, 6) is -1.37. The van der Waals surface area contributed by atoms with Gasteiger partial charge in [0, 0.05) is 36.8 Å². The first-order valence-corrected chi connectivity index (χ1v) is 10.8. The molecule has 0 radical (unpaired) electrons. The van der Waals surface area contributed by atoms with Gasteiger partial charge in [0.2, 0.25) is 0 Å². The van der Waals surface area contributed by atoms with E-state index in [1.807, 2.05) is 29.2 Å². The van der Waals surface area contributed by atoms with Crippen molar-refractivity contribution in [1.29, 1.82) is 0 Å². The first-order valence-electron chi connectivity index (χ1n) is 10.8. The largest absolute Gasteiger partial charge is 0.478 e. The van der Waals surface area contributed by atoms with Crippen LogP contribution in [0.15, 0.2) is 48.7 Å². The van der Waals surface area contributed by atoms with Crippen LogP contribution in [0, 0.1) is 10.1 Å². The number of amides is 1. The Bertz CT molecular complexity index is 1140. The van der Waals surface area contributed by atoms with E-state index in [1.165, 1.54) is 12.1 Å². The fraction of sp³-hybridized carbons (Fsp3) is 0.333. The lowest BCUT2D eigenvalue weighted by molar-refractivity contribution is -0.384. The third kappa shape index (κ3) is 4.64. The van der Waals surface area contributed by atoms with Crippen LogP contribution in [-0.4, -0.2) is 44.5 Å². The number of nitro benzene ring substituents is 1. The van der Waals surface area contributed by atoms with E-state index in [4.69, 9.17) is 0 Å². The first kappa shape index (κ1) is 23.0. The Balaban J connectivity index is 2.15. The molecule has 0 saturated heterocycles. The van der Waals surface area contributed by atoms with Gasteiger partial charge in [0.1, 0.15) is 0 Å². The minimum atomic E-state index is -1.28. The normalized spacial score (nSPS) is 10.9. The highest BCUT2D eigenvalue weighted by molar-refractivity contribution is 6.08. The van der Waals surface area contributed by atoms with E-state index >= 15 is 0 Å². The van der Waals surface area contributed by atoms with Crippen LogP contribution in [0.2, 0.25) is 0 Å². The molecule has 1 aromatic heterocycles. The zero-order valence-electron chi connectivity index (χ0n) is 18.3. The zero-order chi connectivity index (χ0) is 23.3. The molecule has 32 heavy (non-hydrogen) atoms. The molecule has 0 bridgehead atoms. The van der Waals surface area contributed by atoms with Crippen molar-refractivity contribution < 1.29 is 19.6 Å². The lowest BCUT2D eigenvalue weighted by atomic mass is 10.1. The average molecular weight is 437 g/mol. The number of carbonyl (C=O) groups is 2. The maximum absolute atomic E-state index is 13.5. The minimum Gasteiger partial charge on any atom is -0.478 e. The van der Waals surface area contributed by atoms with E-state index in [0.717, 1.165) is 31.7 Å².